The Hall–Kier alpha value is -6.50. The summed E-state index contributed by atoms with van der Waals surface area (Å²) in [4.78, 5) is 42.6. The molecule has 6 heterocycles. The van der Waals surface area contributed by atoms with Crippen LogP contribution in [0.25, 0.3) is 22.1 Å². The lowest BCUT2D eigenvalue weighted by Crippen LogP contribution is -2.31. The Morgan fingerprint density at radius 3 is 1.57 bits per heavy atom. The zero-order valence-electron chi connectivity index (χ0n) is 32.7. The molecular formula is C40H23Cl4F6N8O7S2+. The third kappa shape index (κ3) is 10.3. The number of fused-ring (bicyclic) bond motifs is 2. The quantitative estimate of drug-likeness (QED) is 0.0378. The van der Waals surface area contributed by atoms with Gasteiger partial charge < -0.3 is 10.2 Å². The van der Waals surface area contributed by atoms with Crippen molar-refractivity contribution in [2.45, 2.75) is 22.1 Å². The van der Waals surface area contributed by atoms with Crippen LogP contribution < -0.4 is 14.2 Å². The number of hydrogen-bond donors (Lipinski definition) is 5. The van der Waals surface area contributed by atoms with Crippen LogP contribution >= 0.6 is 46.4 Å². The first kappa shape index (κ1) is 48.4. The molecule has 67 heavy (non-hydrogen) atoms. The Morgan fingerprint density at radius 1 is 0.612 bits per heavy atom. The molecule has 0 aliphatic rings. The average molecular weight is 1050 g/mol. The number of carbonyl (C=O) groups excluding carboxylic acids is 2. The van der Waals surface area contributed by atoms with Gasteiger partial charge in [-0.15, -0.1) is 0 Å². The van der Waals surface area contributed by atoms with E-state index >= 15 is 0 Å². The number of halogens is 10. The minimum absolute atomic E-state index is 0.00198. The lowest BCUT2D eigenvalue weighted by Gasteiger charge is -2.14. The van der Waals surface area contributed by atoms with Crippen LogP contribution in [-0.2, 0) is 32.4 Å². The lowest BCUT2D eigenvalue weighted by atomic mass is 10.0. The number of ketones is 2. The molecule has 0 amide bonds. The van der Waals surface area contributed by atoms with Gasteiger partial charge in [0.2, 0.25) is 11.6 Å². The number of anilines is 2. The van der Waals surface area contributed by atoms with Crippen molar-refractivity contribution >= 4 is 111 Å². The van der Waals surface area contributed by atoms with Crippen molar-refractivity contribution < 1.29 is 62.7 Å². The van der Waals surface area contributed by atoms with Crippen molar-refractivity contribution in [3.05, 3.63) is 164 Å². The summed E-state index contributed by atoms with van der Waals surface area (Å²) in [6, 6.07) is 12.3. The van der Waals surface area contributed by atoms with Crippen LogP contribution in [0.3, 0.4) is 0 Å². The van der Waals surface area contributed by atoms with Gasteiger partial charge in [0.05, 0.1) is 64.0 Å². The molecule has 346 valence electrons. The third-order valence-corrected chi connectivity index (χ3v) is 13.1. The number of aromatic amines is 2. The highest BCUT2D eigenvalue weighted by molar-refractivity contribution is 7.93. The number of alkyl halides is 6. The topological polar surface area (TPSA) is 221 Å². The van der Waals surface area contributed by atoms with Gasteiger partial charge >= 0.3 is 18.0 Å². The smallest absolute Gasteiger partial charge is 0.350 e. The maximum atomic E-state index is 13.2. The van der Waals surface area contributed by atoms with Crippen LogP contribution in [-0.4, -0.2) is 58.5 Å². The van der Waals surface area contributed by atoms with Gasteiger partial charge in [0.1, 0.15) is 23.2 Å². The van der Waals surface area contributed by atoms with Crippen LogP contribution in [0.1, 0.15) is 43.2 Å². The largest absolute Gasteiger partial charge is 0.417 e. The summed E-state index contributed by atoms with van der Waals surface area (Å²) >= 11 is 23.0. The Bertz CT molecular complexity index is 3520. The molecule has 0 fully saturated rings. The Kier molecular flexibility index (Phi) is 13.2. The standard InChI is InChI=1S/C20H11Cl2F3N4O4S.C20H11Cl2F3N4O3S/c21-10-7-16(28-34(32,33)11-1-2-15(22)14(8-11)20(23,24)25)17(27-9-10)18(30)12-4-6-29(31)19-13(12)3-5-26-19;21-10-7-16(29-33(31,32)11-1-2-15(22)14(8-11)20(23,24)25)17(28-9-10)18(30)12-3-5-26-19-13(12)4-6-27-19/h1-9,31H,(H,28,30);1-9,29H,(H,26,27)/p+1. The number of nitrogens with zero attached hydrogens (tertiary/aromatic N) is 4. The molecule has 2 aromatic carbocycles. The maximum Gasteiger partial charge on any atom is 0.417 e. The highest BCUT2D eigenvalue weighted by Crippen LogP contribution is 2.38. The predicted molar refractivity (Wildman–Crippen MR) is 232 cm³/mol. The third-order valence-electron chi connectivity index (χ3n) is 9.31. The normalized spacial score (nSPS) is 12.1. The second-order valence-corrected chi connectivity index (χ2v) is 18.7. The predicted octanol–water partition coefficient (Wildman–Crippen LogP) is 9.76. The molecule has 0 unspecified atom stereocenters. The number of pyridine rings is 4. The van der Waals surface area contributed by atoms with Gasteiger partial charge in [0.25, 0.3) is 20.0 Å². The lowest BCUT2D eigenvalue weighted by molar-refractivity contribution is -0.885. The maximum absolute atomic E-state index is 13.2. The van der Waals surface area contributed by atoms with Gasteiger partial charge in [0, 0.05) is 41.3 Å². The number of hydrogen-bond acceptors (Lipinski definition) is 10. The summed E-state index contributed by atoms with van der Waals surface area (Å²) in [7, 11) is -9.19. The summed E-state index contributed by atoms with van der Waals surface area (Å²) in [5, 5.41) is 9.29. The molecule has 6 aromatic heterocycles. The Balaban J connectivity index is 0.000000199. The van der Waals surface area contributed by atoms with Gasteiger partial charge in [-0.3, -0.25) is 19.0 Å². The zero-order valence-corrected chi connectivity index (χ0v) is 37.3. The van der Waals surface area contributed by atoms with E-state index in [1.54, 1.807) is 12.3 Å². The molecule has 27 heteroatoms. The Labute approximate surface area is 392 Å². The van der Waals surface area contributed by atoms with E-state index in [0.717, 1.165) is 53.5 Å². The number of H-pyrrole nitrogens is 2. The van der Waals surface area contributed by atoms with Crippen LogP contribution in [0.2, 0.25) is 20.1 Å². The summed E-state index contributed by atoms with van der Waals surface area (Å²) in [5.41, 5.74) is -3.11. The summed E-state index contributed by atoms with van der Waals surface area (Å²) in [6.45, 7) is 0. The summed E-state index contributed by atoms with van der Waals surface area (Å²) in [6.07, 6.45) is -1.87. The van der Waals surface area contributed by atoms with E-state index in [2.05, 4.69) is 34.4 Å². The van der Waals surface area contributed by atoms with Crippen molar-refractivity contribution in [1.29, 1.82) is 0 Å². The minimum Gasteiger partial charge on any atom is -0.350 e. The number of benzene rings is 2. The van der Waals surface area contributed by atoms with E-state index in [-0.39, 0.29) is 49.6 Å². The van der Waals surface area contributed by atoms with Gasteiger partial charge in [0.15, 0.2) is 0 Å². The molecule has 0 atom stereocenters. The molecule has 5 N–H and O–H groups in total. The first-order valence-electron chi connectivity index (χ1n) is 18.2. The van der Waals surface area contributed by atoms with E-state index < -0.39 is 74.9 Å². The van der Waals surface area contributed by atoms with Gasteiger partial charge in [-0.1, -0.05) is 51.1 Å². The van der Waals surface area contributed by atoms with Crippen LogP contribution in [0.4, 0.5) is 37.7 Å². The first-order valence-corrected chi connectivity index (χ1v) is 22.7. The Morgan fingerprint density at radius 2 is 1.07 bits per heavy atom. The molecule has 0 saturated heterocycles. The monoisotopic (exact) mass is 1040 g/mol. The number of aromatic nitrogens is 6. The second-order valence-electron chi connectivity index (χ2n) is 13.7. The van der Waals surface area contributed by atoms with Crippen molar-refractivity contribution in [1.82, 2.24) is 24.9 Å². The molecule has 0 aliphatic heterocycles. The first-order chi connectivity index (χ1) is 31.4. The van der Waals surface area contributed by atoms with Crippen LogP contribution in [0.15, 0.2) is 120 Å². The fourth-order valence-corrected chi connectivity index (χ4v) is 9.20. The van der Waals surface area contributed by atoms with Gasteiger partial charge in [-0.05, 0) is 72.8 Å². The SMILES string of the molecule is O=C(c1ncc(Cl)cc1NS(=O)(=O)c1ccc(Cl)c(C(F)(F)F)c1)c1cc[n+](O)c2[nH]ccc12.O=C(c1ncc(Cl)cc1NS(=O)(=O)c1ccc(Cl)c(C(F)(F)F)c1)c1ccnc2[nH]ccc12. The minimum atomic E-state index is -4.89. The van der Waals surface area contributed by atoms with E-state index in [1.165, 1.54) is 36.8 Å². The number of nitrogens with one attached hydrogen (secondary N) is 4. The highest BCUT2D eigenvalue weighted by atomic mass is 35.5. The fraction of sp³-hybridized carbons (Fsp3) is 0.0500. The van der Waals surface area contributed by atoms with Crippen molar-refractivity contribution in [2.24, 2.45) is 0 Å². The van der Waals surface area contributed by atoms with Crippen molar-refractivity contribution in [3.8, 4) is 0 Å². The summed E-state index contributed by atoms with van der Waals surface area (Å²) < 4.78 is 136. The molecule has 0 aliphatic carbocycles. The molecular weight excluding hydrogens is 1020 g/mol. The van der Waals surface area contributed by atoms with Crippen LogP contribution in [0, 0.1) is 0 Å². The zero-order chi connectivity index (χ0) is 48.8. The number of sulfonamides is 2. The average Bonchev–Trinajstić information content (AvgIpc) is 3.94. The second kappa shape index (κ2) is 18.3. The molecule has 0 spiro atoms. The fourth-order valence-electron chi connectivity index (χ4n) is 6.27. The van der Waals surface area contributed by atoms with Gasteiger partial charge in [-0.25, -0.2) is 36.8 Å². The molecule has 8 aromatic rings. The van der Waals surface area contributed by atoms with Crippen molar-refractivity contribution in [2.75, 3.05) is 9.44 Å². The van der Waals surface area contributed by atoms with Crippen molar-refractivity contribution in [3.63, 3.8) is 0 Å². The van der Waals surface area contributed by atoms with E-state index in [0.29, 0.717) is 28.6 Å². The summed E-state index contributed by atoms with van der Waals surface area (Å²) in [5.74, 6) is -1.38. The molecule has 0 radical (unpaired) electrons. The van der Waals surface area contributed by atoms with E-state index in [9.17, 15) is 58.0 Å². The molecule has 0 bridgehead atoms. The highest BCUT2D eigenvalue weighted by Gasteiger charge is 2.36. The van der Waals surface area contributed by atoms with E-state index in [1.807, 2.05) is 0 Å². The van der Waals surface area contributed by atoms with E-state index in [4.69, 9.17) is 46.4 Å². The number of rotatable bonds is 10. The number of carbonyl (C=O) groups is 2. The molecule has 0 saturated carbocycles. The molecule has 8 rings (SSSR count). The van der Waals surface area contributed by atoms with Crippen LogP contribution in [0.5, 0.6) is 0 Å². The van der Waals surface area contributed by atoms with Gasteiger partial charge in [-0.2, -0.15) is 26.3 Å². The molecule has 15 nitrogen and oxygen atoms in total.